The molecule has 0 fully saturated rings. The number of amides is 1. The Hall–Kier alpha value is -1.86. The van der Waals surface area contributed by atoms with E-state index in [-0.39, 0.29) is 5.91 Å². The van der Waals surface area contributed by atoms with Crippen LogP contribution in [-0.2, 0) is 0 Å². The minimum Gasteiger partial charge on any atom is -0.494 e. The topological polar surface area (TPSA) is 45.7 Å². The lowest BCUT2D eigenvalue weighted by molar-refractivity contribution is 0.0984. The number of carbonyl (C=O) groups excluding carboxylic acids is 1. The zero-order valence-corrected chi connectivity index (χ0v) is 18.9. The largest absolute Gasteiger partial charge is 0.494 e. The van der Waals surface area contributed by atoms with Crippen LogP contribution in [0.2, 0.25) is 10.0 Å². The smallest absolute Gasteiger partial charge is 0.261 e. The van der Waals surface area contributed by atoms with Crippen molar-refractivity contribution in [3.05, 3.63) is 52.0 Å². The van der Waals surface area contributed by atoms with Crippen molar-refractivity contribution in [2.75, 3.05) is 38.2 Å². The molecule has 2 aromatic carbocycles. The summed E-state index contributed by atoms with van der Waals surface area (Å²) in [6, 6.07) is 10.7. The Morgan fingerprint density at radius 2 is 1.90 bits per heavy atom. The lowest BCUT2D eigenvalue weighted by atomic mass is 10.2. The fourth-order valence-electron chi connectivity index (χ4n) is 3.07. The van der Waals surface area contributed by atoms with Gasteiger partial charge in [-0.1, -0.05) is 54.5 Å². The third-order valence-electron chi connectivity index (χ3n) is 4.76. The summed E-state index contributed by atoms with van der Waals surface area (Å²) in [7, 11) is 1.62. The summed E-state index contributed by atoms with van der Waals surface area (Å²) in [6.07, 6.45) is 0. The van der Waals surface area contributed by atoms with Crippen molar-refractivity contribution < 1.29 is 9.53 Å². The van der Waals surface area contributed by atoms with Gasteiger partial charge in [0.15, 0.2) is 5.13 Å². The van der Waals surface area contributed by atoms with Gasteiger partial charge in [0.25, 0.3) is 5.91 Å². The number of aromatic nitrogens is 1. The number of nitrogens with zero attached hydrogens (tertiary/aromatic N) is 3. The highest BCUT2D eigenvalue weighted by Crippen LogP contribution is 2.35. The second kappa shape index (κ2) is 9.76. The van der Waals surface area contributed by atoms with E-state index in [0.29, 0.717) is 33.0 Å². The second-order valence-corrected chi connectivity index (χ2v) is 8.26. The molecule has 29 heavy (non-hydrogen) atoms. The van der Waals surface area contributed by atoms with E-state index in [4.69, 9.17) is 32.9 Å². The van der Waals surface area contributed by atoms with Crippen LogP contribution in [0.1, 0.15) is 24.2 Å². The number of halogens is 2. The van der Waals surface area contributed by atoms with E-state index in [2.05, 4.69) is 18.7 Å². The van der Waals surface area contributed by atoms with E-state index in [0.717, 1.165) is 29.9 Å². The molecule has 3 aromatic rings. The number of anilines is 1. The lowest BCUT2D eigenvalue weighted by Gasteiger charge is -2.25. The summed E-state index contributed by atoms with van der Waals surface area (Å²) < 4.78 is 6.39. The molecule has 8 heteroatoms. The van der Waals surface area contributed by atoms with E-state index >= 15 is 0 Å². The van der Waals surface area contributed by atoms with E-state index < -0.39 is 0 Å². The number of rotatable bonds is 8. The molecule has 0 spiro atoms. The molecule has 154 valence electrons. The monoisotopic (exact) mass is 451 g/mol. The normalized spacial score (nSPS) is 11.2. The summed E-state index contributed by atoms with van der Waals surface area (Å²) in [5.41, 5.74) is 1.15. The number of likely N-dealkylation sites (N-methyl/N-ethyl adjacent to an activating group) is 1. The Morgan fingerprint density at radius 1 is 1.14 bits per heavy atom. The first kappa shape index (κ1) is 21.8. The number of thiazole rings is 1. The Bertz CT molecular complexity index is 1000. The molecule has 1 aromatic heterocycles. The van der Waals surface area contributed by atoms with Crippen molar-refractivity contribution in [3.8, 4) is 5.75 Å². The van der Waals surface area contributed by atoms with Gasteiger partial charge in [0.05, 0.1) is 22.4 Å². The number of methoxy groups -OCH3 is 1. The molecular weight excluding hydrogens is 429 g/mol. The maximum absolute atomic E-state index is 13.4. The van der Waals surface area contributed by atoms with Crippen molar-refractivity contribution in [2.24, 2.45) is 0 Å². The third kappa shape index (κ3) is 4.83. The highest BCUT2D eigenvalue weighted by Gasteiger charge is 2.24. The molecule has 0 unspecified atom stereocenters. The van der Waals surface area contributed by atoms with E-state index in [1.807, 2.05) is 18.2 Å². The van der Waals surface area contributed by atoms with Gasteiger partial charge in [-0.05, 0) is 43.4 Å². The molecule has 0 aliphatic rings. The van der Waals surface area contributed by atoms with Crippen LogP contribution in [0.3, 0.4) is 0 Å². The van der Waals surface area contributed by atoms with Gasteiger partial charge in [-0.2, -0.15) is 0 Å². The van der Waals surface area contributed by atoms with Crippen molar-refractivity contribution in [2.45, 2.75) is 13.8 Å². The maximum atomic E-state index is 13.4. The van der Waals surface area contributed by atoms with Gasteiger partial charge >= 0.3 is 0 Å². The zero-order valence-electron chi connectivity index (χ0n) is 16.6. The SMILES string of the molecule is CCN(CC)CCN(C(=O)c1ccc(Cl)cc1Cl)c1nc2c(OC)cccc2s1. The van der Waals surface area contributed by atoms with E-state index in [1.54, 1.807) is 30.2 Å². The van der Waals surface area contributed by atoms with Crippen molar-refractivity contribution in [1.29, 1.82) is 0 Å². The molecule has 3 rings (SSSR count). The van der Waals surface area contributed by atoms with Crippen LogP contribution < -0.4 is 9.64 Å². The highest BCUT2D eigenvalue weighted by molar-refractivity contribution is 7.22. The van der Waals surface area contributed by atoms with Crippen LogP contribution in [-0.4, -0.2) is 49.1 Å². The van der Waals surface area contributed by atoms with Crippen LogP contribution in [0.25, 0.3) is 10.2 Å². The fourth-order valence-corrected chi connectivity index (χ4v) is 4.56. The molecule has 0 atom stereocenters. The number of ether oxygens (including phenoxy) is 1. The number of para-hydroxylation sites is 1. The molecule has 1 heterocycles. The first-order valence-corrected chi connectivity index (χ1v) is 11.0. The number of carbonyl (C=O) groups is 1. The first-order chi connectivity index (χ1) is 14.0. The minimum absolute atomic E-state index is 0.197. The summed E-state index contributed by atoms with van der Waals surface area (Å²) in [5.74, 6) is 0.488. The second-order valence-electron chi connectivity index (χ2n) is 6.41. The van der Waals surface area contributed by atoms with E-state index in [9.17, 15) is 4.79 Å². The lowest BCUT2D eigenvalue weighted by Crippen LogP contribution is -2.39. The molecular formula is C21H23Cl2N3O2S. The average molecular weight is 452 g/mol. The van der Waals surface area contributed by atoms with Gasteiger partial charge in [-0.15, -0.1) is 0 Å². The average Bonchev–Trinajstić information content (AvgIpc) is 3.14. The molecule has 0 saturated carbocycles. The molecule has 0 aliphatic heterocycles. The molecule has 1 amide bonds. The number of hydrogen-bond donors (Lipinski definition) is 0. The Morgan fingerprint density at radius 3 is 2.55 bits per heavy atom. The molecule has 0 aliphatic carbocycles. The maximum Gasteiger partial charge on any atom is 0.261 e. The minimum atomic E-state index is -0.197. The van der Waals surface area contributed by atoms with Crippen LogP contribution in [0.5, 0.6) is 5.75 Å². The summed E-state index contributed by atoms with van der Waals surface area (Å²) in [4.78, 5) is 22.1. The Labute approximate surface area is 184 Å². The quantitative estimate of drug-likeness (QED) is 0.446. The Balaban J connectivity index is 2.01. The first-order valence-electron chi connectivity index (χ1n) is 9.41. The highest BCUT2D eigenvalue weighted by atomic mass is 35.5. The summed E-state index contributed by atoms with van der Waals surface area (Å²) in [6.45, 7) is 7.27. The van der Waals surface area contributed by atoms with Gasteiger partial charge in [-0.25, -0.2) is 4.98 Å². The van der Waals surface area contributed by atoms with Gasteiger partial charge < -0.3 is 9.64 Å². The molecule has 0 N–H and O–H groups in total. The predicted molar refractivity (Wildman–Crippen MR) is 122 cm³/mol. The number of fused-ring (bicyclic) bond motifs is 1. The van der Waals surface area contributed by atoms with Gasteiger partial charge in [0, 0.05) is 18.1 Å². The van der Waals surface area contributed by atoms with Crippen LogP contribution in [0, 0.1) is 0 Å². The molecule has 0 bridgehead atoms. The third-order valence-corrected chi connectivity index (χ3v) is 6.35. The zero-order chi connectivity index (χ0) is 21.0. The number of hydrogen-bond acceptors (Lipinski definition) is 5. The van der Waals surface area contributed by atoms with Crippen molar-refractivity contribution in [1.82, 2.24) is 9.88 Å². The van der Waals surface area contributed by atoms with E-state index in [1.165, 1.54) is 11.3 Å². The van der Waals surface area contributed by atoms with Gasteiger partial charge in [0.2, 0.25) is 0 Å². The molecule has 5 nitrogen and oxygen atoms in total. The number of benzene rings is 2. The van der Waals surface area contributed by atoms with Gasteiger partial charge in [-0.3, -0.25) is 9.69 Å². The summed E-state index contributed by atoms with van der Waals surface area (Å²) >= 11 is 13.8. The van der Waals surface area contributed by atoms with Gasteiger partial charge in [0.1, 0.15) is 11.3 Å². The molecule has 0 saturated heterocycles. The summed E-state index contributed by atoms with van der Waals surface area (Å²) in [5, 5.41) is 1.44. The van der Waals surface area contributed by atoms with Crippen LogP contribution >= 0.6 is 34.5 Å². The standard InChI is InChI=1S/C21H23Cl2N3O2S/c1-4-25(5-2)11-12-26(20(27)15-10-9-14(22)13-16(15)23)21-24-19-17(28-3)7-6-8-18(19)29-21/h6-10,13H,4-5,11-12H2,1-3H3. The van der Waals surface area contributed by atoms with Crippen LogP contribution in [0.4, 0.5) is 5.13 Å². The Kier molecular flexibility index (Phi) is 7.35. The predicted octanol–water partition coefficient (Wildman–Crippen LogP) is 5.60. The van der Waals surface area contributed by atoms with Crippen molar-refractivity contribution >= 4 is 55.8 Å². The molecule has 0 radical (unpaired) electrons. The fraction of sp³-hybridized carbons (Fsp3) is 0.333. The van der Waals surface area contributed by atoms with Crippen molar-refractivity contribution in [3.63, 3.8) is 0 Å². The van der Waals surface area contributed by atoms with Crippen LogP contribution in [0.15, 0.2) is 36.4 Å².